The number of benzene rings is 2. The Kier molecular flexibility index (Phi) is 10.8. The third-order valence-corrected chi connectivity index (χ3v) is 5.78. The number of nitrogens with one attached hydrogen (secondary N) is 2. The first-order valence-electron chi connectivity index (χ1n) is 11.1. The molecule has 1 atom stereocenters. The van der Waals surface area contributed by atoms with Crippen molar-refractivity contribution in [3.8, 4) is 5.75 Å². The van der Waals surface area contributed by atoms with Crippen LogP contribution in [0.1, 0.15) is 22.3 Å². The summed E-state index contributed by atoms with van der Waals surface area (Å²) < 4.78 is 5.51. The van der Waals surface area contributed by atoms with Gasteiger partial charge in [0.2, 0.25) is 0 Å². The molecule has 1 amide bonds. The zero-order valence-electron chi connectivity index (χ0n) is 20.0. The first kappa shape index (κ1) is 26.8. The van der Waals surface area contributed by atoms with Gasteiger partial charge in [-0.25, -0.2) is 0 Å². The summed E-state index contributed by atoms with van der Waals surface area (Å²) in [6.45, 7) is 3.65. The Morgan fingerprint density at radius 3 is 2.70 bits per heavy atom. The van der Waals surface area contributed by atoms with E-state index in [0.717, 1.165) is 67.5 Å². The molecule has 1 saturated heterocycles. The molecule has 2 N–H and O–H groups in total. The largest absolute Gasteiger partial charge is 0.495 e. The smallest absolute Gasteiger partial charge is 0.253 e. The van der Waals surface area contributed by atoms with E-state index in [0.29, 0.717) is 5.92 Å². The van der Waals surface area contributed by atoms with Crippen molar-refractivity contribution in [3.63, 3.8) is 0 Å². The Balaban J connectivity index is 0.00000385. The van der Waals surface area contributed by atoms with Gasteiger partial charge in [-0.3, -0.25) is 9.79 Å². The normalized spacial score (nSPS) is 15.6. The number of hydrogen-bond donors (Lipinski definition) is 2. The molecule has 1 aliphatic heterocycles. The Morgan fingerprint density at radius 1 is 1.18 bits per heavy atom. The van der Waals surface area contributed by atoms with Crippen LogP contribution in [-0.4, -0.2) is 71.2 Å². The molecular formula is C25H36IN5O2. The quantitative estimate of drug-likeness (QED) is 0.292. The van der Waals surface area contributed by atoms with E-state index in [1.54, 1.807) is 33.2 Å². The van der Waals surface area contributed by atoms with E-state index in [9.17, 15) is 4.79 Å². The van der Waals surface area contributed by atoms with E-state index < -0.39 is 0 Å². The number of para-hydroxylation sites is 2. The van der Waals surface area contributed by atoms with Gasteiger partial charge in [-0.15, -0.1) is 24.0 Å². The van der Waals surface area contributed by atoms with Crippen LogP contribution in [0.25, 0.3) is 0 Å². The standard InChI is InChI=1S/C25H35N5O2.HI/c1-26-25(27-14-12-19-8-7-9-21(16-19)24(31)29(2)3)28-17-20-13-15-30(18-20)22-10-5-6-11-23(22)32-4;/h5-11,16,20H,12-15,17-18H2,1-4H3,(H2,26,27,28);1H. The monoisotopic (exact) mass is 565 g/mol. The van der Waals surface area contributed by atoms with E-state index in [-0.39, 0.29) is 29.9 Å². The molecule has 180 valence electrons. The fourth-order valence-corrected chi connectivity index (χ4v) is 4.01. The molecule has 1 aliphatic rings. The summed E-state index contributed by atoms with van der Waals surface area (Å²) in [4.78, 5) is 20.5. The molecule has 33 heavy (non-hydrogen) atoms. The van der Waals surface area contributed by atoms with Crippen LogP contribution in [0.2, 0.25) is 0 Å². The van der Waals surface area contributed by atoms with Gasteiger partial charge in [0, 0.05) is 52.9 Å². The Bertz CT molecular complexity index is 935. The molecular weight excluding hydrogens is 529 g/mol. The zero-order chi connectivity index (χ0) is 22.9. The zero-order valence-corrected chi connectivity index (χ0v) is 22.3. The average Bonchev–Trinajstić information content (AvgIpc) is 3.29. The van der Waals surface area contributed by atoms with Crippen molar-refractivity contribution in [3.05, 3.63) is 59.7 Å². The topological polar surface area (TPSA) is 69.2 Å². The highest BCUT2D eigenvalue weighted by Gasteiger charge is 2.24. The van der Waals surface area contributed by atoms with Crippen molar-refractivity contribution >= 4 is 41.5 Å². The van der Waals surface area contributed by atoms with Crippen molar-refractivity contribution < 1.29 is 9.53 Å². The van der Waals surface area contributed by atoms with Gasteiger partial charge in [-0.1, -0.05) is 24.3 Å². The SMILES string of the molecule is CN=C(NCCc1cccc(C(=O)N(C)C)c1)NCC1CCN(c2ccccc2OC)C1.I. The van der Waals surface area contributed by atoms with E-state index in [2.05, 4.69) is 38.7 Å². The Labute approximate surface area is 214 Å². The van der Waals surface area contributed by atoms with E-state index >= 15 is 0 Å². The number of ether oxygens (including phenoxy) is 1. The first-order chi connectivity index (χ1) is 15.5. The van der Waals surface area contributed by atoms with Gasteiger partial charge in [0.1, 0.15) is 5.75 Å². The number of carbonyl (C=O) groups excluding carboxylic acids is 1. The van der Waals surface area contributed by atoms with E-state index in [1.165, 1.54) is 0 Å². The highest BCUT2D eigenvalue weighted by atomic mass is 127. The Hall–Kier alpha value is -2.49. The van der Waals surface area contributed by atoms with Crippen molar-refractivity contribution in [1.29, 1.82) is 0 Å². The summed E-state index contributed by atoms with van der Waals surface area (Å²) in [5.74, 6) is 2.31. The molecule has 0 radical (unpaired) electrons. The van der Waals surface area contributed by atoms with Crippen LogP contribution in [0.5, 0.6) is 5.75 Å². The fraction of sp³-hybridized carbons (Fsp3) is 0.440. The molecule has 0 aromatic heterocycles. The minimum absolute atomic E-state index is 0. The van der Waals surface area contributed by atoms with Crippen LogP contribution < -0.4 is 20.3 Å². The summed E-state index contributed by atoms with van der Waals surface area (Å²) in [6.07, 6.45) is 1.95. The fourth-order valence-electron chi connectivity index (χ4n) is 4.01. The third kappa shape index (κ3) is 7.52. The minimum Gasteiger partial charge on any atom is -0.495 e. The maximum absolute atomic E-state index is 12.2. The number of methoxy groups -OCH3 is 1. The molecule has 2 aromatic carbocycles. The van der Waals surface area contributed by atoms with Crippen molar-refractivity contribution in [2.45, 2.75) is 12.8 Å². The molecule has 1 heterocycles. The second kappa shape index (κ2) is 13.3. The maximum Gasteiger partial charge on any atom is 0.253 e. The lowest BCUT2D eigenvalue weighted by Crippen LogP contribution is -2.41. The number of nitrogens with zero attached hydrogens (tertiary/aromatic N) is 3. The number of halogens is 1. The average molecular weight is 566 g/mol. The van der Waals surface area contributed by atoms with Gasteiger partial charge in [0.25, 0.3) is 5.91 Å². The van der Waals surface area contributed by atoms with Crippen LogP contribution in [0.15, 0.2) is 53.5 Å². The minimum atomic E-state index is 0. The molecule has 0 bridgehead atoms. The summed E-state index contributed by atoms with van der Waals surface area (Å²) >= 11 is 0. The molecule has 0 saturated carbocycles. The molecule has 1 unspecified atom stereocenters. The predicted octanol–water partition coefficient (Wildman–Crippen LogP) is 3.25. The maximum atomic E-state index is 12.2. The van der Waals surface area contributed by atoms with Gasteiger partial charge in [-0.2, -0.15) is 0 Å². The predicted molar refractivity (Wildman–Crippen MR) is 146 cm³/mol. The molecule has 8 heteroatoms. The van der Waals surface area contributed by atoms with E-state index in [1.807, 2.05) is 30.3 Å². The first-order valence-corrected chi connectivity index (χ1v) is 11.1. The van der Waals surface area contributed by atoms with Crippen LogP contribution in [0.3, 0.4) is 0 Å². The van der Waals surface area contributed by atoms with Gasteiger partial charge < -0.3 is 25.2 Å². The molecule has 1 fully saturated rings. The number of guanidine groups is 1. The second-order valence-corrected chi connectivity index (χ2v) is 8.30. The lowest BCUT2D eigenvalue weighted by molar-refractivity contribution is 0.0827. The number of anilines is 1. The number of hydrogen-bond acceptors (Lipinski definition) is 4. The van der Waals surface area contributed by atoms with E-state index in [4.69, 9.17) is 4.74 Å². The number of rotatable bonds is 8. The number of amides is 1. The van der Waals surface area contributed by atoms with Gasteiger partial charge in [0.15, 0.2) is 5.96 Å². The van der Waals surface area contributed by atoms with Crippen LogP contribution in [0, 0.1) is 5.92 Å². The molecule has 3 rings (SSSR count). The highest BCUT2D eigenvalue weighted by Crippen LogP contribution is 2.31. The number of carbonyl (C=O) groups is 1. The van der Waals surface area contributed by atoms with Crippen molar-refractivity contribution in [2.75, 3.05) is 59.3 Å². The summed E-state index contributed by atoms with van der Waals surface area (Å²) in [7, 11) is 7.06. The van der Waals surface area contributed by atoms with Crippen molar-refractivity contribution in [2.24, 2.45) is 10.9 Å². The molecule has 7 nitrogen and oxygen atoms in total. The highest BCUT2D eigenvalue weighted by molar-refractivity contribution is 14.0. The van der Waals surface area contributed by atoms with Gasteiger partial charge >= 0.3 is 0 Å². The second-order valence-electron chi connectivity index (χ2n) is 8.30. The third-order valence-electron chi connectivity index (χ3n) is 5.78. The van der Waals surface area contributed by atoms with Gasteiger partial charge in [0.05, 0.1) is 12.8 Å². The Morgan fingerprint density at radius 2 is 1.97 bits per heavy atom. The van der Waals surface area contributed by atoms with Crippen LogP contribution in [-0.2, 0) is 6.42 Å². The summed E-state index contributed by atoms with van der Waals surface area (Å²) in [6, 6.07) is 16.0. The lowest BCUT2D eigenvalue weighted by atomic mass is 10.1. The molecule has 0 spiro atoms. The number of aliphatic imine (C=N–C) groups is 1. The molecule has 0 aliphatic carbocycles. The lowest BCUT2D eigenvalue weighted by Gasteiger charge is -2.21. The van der Waals surface area contributed by atoms with Gasteiger partial charge in [-0.05, 0) is 48.6 Å². The van der Waals surface area contributed by atoms with Crippen LogP contribution in [0.4, 0.5) is 5.69 Å². The summed E-state index contributed by atoms with van der Waals surface area (Å²) in [5, 5.41) is 6.85. The molecule has 2 aromatic rings. The van der Waals surface area contributed by atoms with Crippen molar-refractivity contribution in [1.82, 2.24) is 15.5 Å². The summed E-state index contributed by atoms with van der Waals surface area (Å²) in [5.41, 5.74) is 3.01. The van der Waals surface area contributed by atoms with Crippen LogP contribution >= 0.6 is 24.0 Å².